The van der Waals surface area contributed by atoms with Crippen molar-refractivity contribution >= 4 is 5.91 Å². The third-order valence-corrected chi connectivity index (χ3v) is 3.38. The predicted octanol–water partition coefficient (Wildman–Crippen LogP) is 0.572. The average Bonchev–Trinajstić information content (AvgIpc) is 2.73. The Morgan fingerprint density at radius 1 is 1.62 bits per heavy atom. The van der Waals surface area contributed by atoms with Crippen LogP contribution >= 0.6 is 0 Å². The molecule has 0 aromatic carbocycles. The summed E-state index contributed by atoms with van der Waals surface area (Å²) in [7, 11) is 0. The third-order valence-electron chi connectivity index (χ3n) is 3.38. The first-order valence-corrected chi connectivity index (χ1v) is 6.38. The Morgan fingerprint density at radius 2 is 2.38 bits per heavy atom. The van der Waals surface area contributed by atoms with E-state index in [4.69, 9.17) is 5.73 Å². The molecule has 0 spiro atoms. The van der Waals surface area contributed by atoms with Crippen molar-refractivity contribution in [2.24, 2.45) is 11.7 Å². The lowest BCUT2D eigenvalue weighted by Gasteiger charge is -2.23. The number of hydrogen-bond donors (Lipinski definition) is 2. The van der Waals surface area contributed by atoms with Gasteiger partial charge in [-0.05, 0) is 38.4 Å². The molecular formula is C12H25N3O. The van der Waals surface area contributed by atoms with Crippen LogP contribution in [0.25, 0.3) is 0 Å². The molecule has 1 heterocycles. The van der Waals surface area contributed by atoms with Crippen LogP contribution in [0.4, 0.5) is 0 Å². The van der Waals surface area contributed by atoms with Gasteiger partial charge < -0.3 is 11.1 Å². The quantitative estimate of drug-likeness (QED) is 0.697. The normalized spacial score (nSPS) is 23.3. The van der Waals surface area contributed by atoms with Crippen molar-refractivity contribution in [2.45, 2.75) is 39.2 Å². The van der Waals surface area contributed by atoms with E-state index in [0.29, 0.717) is 19.0 Å². The number of rotatable bonds is 6. The Morgan fingerprint density at radius 3 is 3.00 bits per heavy atom. The molecule has 1 rings (SSSR count). The zero-order valence-corrected chi connectivity index (χ0v) is 10.5. The molecule has 2 atom stereocenters. The lowest BCUT2D eigenvalue weighted by Crippen LogP contribution is -2.40. The van der Waals surface area contributed by atoms with Gasteiger partial charge in [-0.2, -0.15) is 0 Å². The Hall–Kier alpha value is -0.610. The topological polar surface area (TPSA) is 58.4 Å². The summed E-state index contributed by atoms with van der Waals surface area (Å²) in [4.78, 5) is 14.0. The third kappa shape index (κ3) is 4.10. The van der Waals surface area contributed by atoms with Gasteiger partial charge in [0.1, 0.15) is 0 Å². The van der Waals surface area contributed by atoms with Gasteiger partial charge in [-0.1, -0.05) is 13.8 Å². The second-order valence-corrected chi connectivity index (χ2v) is 4.77. The van der Waals surface area contributed by atoms with E-state index in [9.17, 15) is 4.79 Å². The van der Waals surface area contributed by atoms with Gasteiger partial charge in [0.15, 0.2) is 0 Å². The molecule has 4 nitrogen and oxygen atoms in total. The highest BCUT2D eigenvalue weighted by Crippen LogP contribution is 2.15. The summed E-state index contributed by atoms with van der Waals surface area (Å²) in [6.07, 6.45) is 3.02. The second-order valence-electron chi connectivity index (χ2n) is 4.77. The summed E-state index contributed by atoms with van der Waals surface area (Å²) in [6, 6.07) is 0.544. The number of nitrogens with zero attached hydrogens (tertiary/aromatic N) is 1. The monoisotopic (exact) mass is 227 g/mol. The van der Waals surface area contributed by atoms with Crippen molar-refractivity contribution < 1.29 is 4.79 Å². The largest absolute Gasteiger partial charge is 0.355 e. The molecule has 94 valence electrons. The zero-order chi connectivity index (χ0) is 12.0. The summed E-state index contributed by atoms with van der Waals surface area (Å²) in [5.74, 6) is 0.423. The molecule has 0 bridgehead atoms. The van der Waals surface area contributed by atoms with E-state index in [2.05, 4.69) is 17.1 Å². The van der Waals surface area contributed by atoms with E-state index in [1.807, 2.05) is 6.92 Å². The summed E-state index contributed by atoms with van der Waals surface area (Å²) < 4.78 is 0. The number of likely N-dealkylation sites (tertiary alicyclic amines) is 1. The second kappa shape index (κ2) is 6.86. The molecule has 0 aliphatic carbocycles. The lowest BCUT2D eigenvalue weighted by molar-refractivity contribution is -0.122. The first kappa shape index (κ1) is 13.5. The summed E-state index contributed by atoms with van der Waals surface area (Å²) >= 11 is 0. The molecule has 2 unspecified atom stereocenters. The predicted molar refractivity (Wildman–Crippen MR) is 66.1 cm³/mol. The van der Waals surface area contributed by atoms with Gasteiger partial charge in [-0.25, -0.2) is 0 Å². The van der Waals surface area contributed by atoms with Crippen LogP contribution in [0.15, 0.2) is 0 Å². The molecule has 3 N–H and O–H groups in total. The molecule has 1 aliphatic heterocycles. The van der Waals surface area contributed by atoms with E-state index in [-0.39, 0.29) is 11.8 Å². The molecule has 16 heavy (non-hydrogen) atoms. The van der Waals surface area contributed by atoms with Crippen LogP contribution in [0.3, 0.4) is 0 Å². The maximum absolute atomic E-state index is 11.6. The van der Waals surface area contributed by atoms with Gasteiger partial charge in [0.25, 0.3) is 0 Å². The fourth-order valence-electron chi connectivity index (χ4n) is 2.25. The Bertz CT molecular complexity index is 220. The van der Waals surface area contributed by atoms with Gasteiger partial charge in [0.05, 0.1) is 0 Å². The standard InChI is InChI=1S/C12H25N3O/c1-3-15-6-4-5-11(15)9-14-12(16)7-10(2)8-13/h10-11H,3-9,13H2,1-2H3,(H,14,16). The van der Waals surface area contributed by atoms with Crippen LogP contribution < -0.4 is 11.1 Å². The Labute approximate surface area is 98.6 Å². The van der Waals surface area contributed by atoms with Crippen LogP contribution in [0.5, 0.6) is 0 Å². The maximum atomic E-state index is 11.6. The number of likely N-dealkylation sites (N-methyl/N-ethyl adjacent to an activating group) is 1. The zero-order valence-electron chi connectivity index (χ0n) is 10.5. The maximum Gasteiger partial charge on any atom is 0.220 e. The molecule has 0 saturated carbocycles. The van der Waals surface area contributed by atoms with Crippen molar-refractivity contribution in [3.8, 4) is 0 Å². The Kier molecular flexibility index (Phi) is 5.77. The number of nitrogens with one attached hydrogen (secondary N) is 1. The van der Waals surface area contributed by atoms with Gasteiger partial charge >= 0.3 is 0 Å². The van der Waals surface area contributed by atoms with E-state index in [1.54, 1.807) is 0 Å². The van der Waals surface area contributed by atoms with Crippen molar-refractivity contribution in [1.82, 2.24) is 10.2 Å². The van der Waals surface area contributed by atoms with Crippen molar-refractivity contribution in [3.63, 3.8) is 0 Å². The fraction of sp³-hybridized carbons (Fsp3) is 0.917. The van der Waals surface area contributed by atoms with Gasteiger partial charge in [0.2, 0.25) is 5.91 Å². The number of nitrogens with two attached hydrogens (primary N) is 1. The van der Waals surface area contributed by atoms with Crippen molar-refractivity contribution in [1.29, 1.82) is 0 Å². The highest BCUT2D eigenvalue weighted by molar-refractivity contribution is 5.76. The van der Waals surface area contributed by atoms with Gasteiger partial charge in [-0.15, -0.1) is 0 Å². The van der Waals surface area contributed by atoms with E-state index in [0.717, 1.165) is 13.1 Å². The molecule has 1 amide bonds. The minimum atomic E-state index is 0.140. The molecular weight excluding hydrogens is 202 g/mol. The molecule has 1 aliphatic rings. The van der Waals surface area contributed by atoms with Crippen molar-refractivity contribution in [2.75, 3.05) is 26.2 Å². The number of amides is 1. The molecule has 1 fully saturated rings. The number of carbonyl (C=O) groups is 1. The van der Waals surface area contributed by atoms with Gasteiger partial charge in [-0.3, -0.25) is 9.69 Å². The van der Waals surface area contributed by atoms with Crippen LogP contribution in [0.2, 0.25) is 0 Å². The van der Waals surface area contributed by atoms with Gasteiger partial charge in [0, 0.05) is 19.0 Å². The fourth-order valence-corrected chi connectivity index (χ4v) is 2.25. The molecule has 0 aromatic rings. The molecule has 0 radical (unpaired) electrons. The summed E-state index contributed by atoms with van der Waals surface area (Å²) in [6.45, 7) is 7.82. The van der Waals surface area contributed by atoms with Crippen LogP contribution in [-0.4, -0.2) is 43.0 Å². The number of hydrogen-bond acceptors (Lipinski definition) is 3. The SMILES string of the molecule is CCN1CCCC1CNC(=O)CC(C)CN. The average molecular weight is 227 g/mol. The molecule has 4 heteroatoms. The first-order valence-electron chi connectivity index (χ1n) is 6.38. The highest BCUT2D eigenvalue weighted by atomic mass is 16.1. The van der Waals surface area contributed by atoms with Crippen LogP contribution in [0, 0.1) is 5.92 Å². The molecule has 0 aromatic heterocycles. The number of carbonyl (C=O) groups excluding carboxylic acids is 1. The minimum Gasteiger partial charge on any atom is -0.355 e. The summed E-state index contributed by atoms with van der Waals surface area (Å²) in [5.41, 5.74) is 5.49. The van der Waals surface area contributed by atoms with E-state index >= 15 is 0 Å². The van der Waals surface area contributed by atoms with E-state index in [1.165, 1.54) is 19.4 Å². The highest BCUT2D eigenvalue weighted by Gasteiger charge is 2.23. The first-order chi connectivity index (χ1) is 7.67. The minimum absolute atomic E-state index is 0.140. The Balaban J connectivity index is 2.20. The smallest absolute Gasteiger partial charge is 0.220 e. The van der Waals surface area contributed by atoms with Crippen LogP contribution in [-0.2, 0) is 4.79 Å². The van der Waals surface area contributed by atoms with E-state index < -0.39 is 0 Å². The molecule has 1 saturated heterocycles. The van der Waals surface area contributed by atoms with Crippen LogP contribution in [0.1, 0.15) is 33.1 Å². The lowest BCUT2D eigenvalue weighted by atomic mass is 10.1. The van der Waals surface area contributed by atoms with Crippen molar-refractivity contribution in [3.05, 3.63) is 0 Å². The summed E-state index contributed by atoms with van der Waals surface area (Å²) in [5, 5.41) is 3.02.